The molecule has 0 spiro atoms. The fourth-order valence-electron chi connectivity index (χ4n) is 8.33. The van der Waals surface area contributed by atoms with Gasteiger partial charge < -0.3 is 25.2 Å². The van der Waals surface area contributed by atoms with E-state index in [1.807, 2.05) is 12.1 Å². The number of nitrogens with zero attached hydrogens (tertiary/aromatic N) is 3. The number of fused-ring (bicyclic) bond motifs is 3. The van der Waals surface area contributed by atoms with Gasteiger partial charge in [0.2, 0.25) is 21.8 Å². The van der Waals surface area contributed by atoms with Gasteiger partial charge in [0, 0.05) is 39.0 Å². The molecule has 5 atom stereocenters. The van der Waals surface area contributed by atoms with Gasteiger partial charge in [-0.3, -0.25) is 24.0 Å². The summed E-state index contributed by atoms with van der Waals surface area (Å²) < 4.78 is 33.5. The molecule has 7 rings (SSSR count). The second-order valence-electron chi connectivity index (χ2n) is 15.2. The summed E-state index contributed by atoms with van der Waals surface area (Å²) >= 11 is 0. The van der Waals surface area contributed by atoms with E-state index in [1.54, 1.807) is 16.8 Å². The smallest absolute Gasteiger partial charge is 0.410 e. The van der Waals surface area contributed by atoms with Gasteiger partial charge in [-0.1, -0.05) is 37.1 Å². The highest BCUT2D eigenvalue weighted by atomic mass is 32.2. The summed E-state index contributed by atoms with van der Waals surface area (Å²) in [5.41, 5.74) is 1.76. The third kappa shape index (κ3) is 7.05. The first-order valence-corrected chi connectivity index (χ1v) is 19.8. The standard InChI is InChI=1S/C36H48N6O8S/c1-3-25-18-36(25,33(45)39-51(48,49)27-14-15-27)38-31(43)29-17-26-20-42(29)32(44)30(23-10-4-5-11-23)37-34(46)40(2)16-7-6-9-22-12-8-13-24-19-41(21-28(22)24)35(47)50-26/h3,8,12-13,23,25-27,29-30H,1,4-7,9-11,14-21H2,2H3,(H,37,46)(H,38,43)(H,39,45)/t25-,26-,29+,30+,36-/m1/s1. The first kappa shape index (κ1) is 35.3. The van der Waals surface area contributed by atoms with Crippen LogP contribution >= 0.6 is 0 Å². The van der Waals surface area contributed by atoms with Crippen LogP contribution in [0.3, 0.4) is 0 Å². The van der Waals surface area contributed by atoms with Crippen molar-refractivity contribution in [2.24, 2.45) is 11.8 Å². The van der Waals surface area contributed by atoms with Crippen LogP contribution in [-0.4, -0.2) is 102 Å². The maximum atomic E-state index is 14.6. The van der Waals surface area contributed by atoms with Crippen LogP contribution in [0.25, 0.3) is 0 Å². The Balaban J connectivity index is 1.17. The summed E-state index contributed by atoms with van der Waals surface area (Å²) in [4.78, 5) is 73.9. The summed E-state index contributed by atoms with van der Waals surface area (Å²) in [6.45, 7) is 4.96. The third-order valence-electron chi connectivity index (χ3n) is 11.7. The maximum Gasteiger partial charge on any atom is 0.410 e. The lowest BCUT2D eigenvalue weighted by Gasteiger charge is -2.33. The normalized spacial score (nSPS) is 30.3. The van der Waals surface area contributed by atoms with Crippen LogP contribution < -0.4 is 15.4 Å². The summed E-state index contributed by atoms with van der Waals surface area (Å²) in [6.07, 6.45) is 6.85. The van der Waals surface area contributed by atoms with Crippen molar-refractivity contribution < 1.29 is 37.1 Å². The van der Waals surface area contributed by atoms with E-state index in [4.69, 9.17) is 4.74 Å². The van der Waals surface area contributed by atoms with Crippen molar-refractivity contribution in [1.29, 1.82) is 0 Å². The SMILES string of the molecule is C=C[C@@H]1C[C@]1(NC(=O)[C@@H]1C[C@@H]2CN1C(=O)[C@H](C1CCCC1)NC(=O)N(C)CCCCc1cccc3c1CN(C3)C(=O)O2)C(=O)NS(=O)(=O)C1CC1. The molecule has 3 N–H and O–H groups in total. The zero-order valence-electron chi connectivity index (χ0n) is 29.1. The van der Waals surface area contributed by atoms with Crippen molar-refractivity contribution in [3.05, 3.63) is 47.5 Å². The number of hydrogen-bond donors (Lipinski definition) is 3. The Morgan fingerprint density at radius 1 is 1.04 bits per heavy atom. The Hall–Kier alpha value is -4.14. The molecule has 14 nitrogen and oxygen atoms in total. The van der Waals surface area contributed by atoms with Crippen LogP contribution in [0.1, 0.15) is 80.9 Å². The number of amides is 6. The van der Waals surface area contributed by atoms with Gasteiger partial charge >= 0.3 is 12.1 Å². The van der Waals surface area contributed by atoms with Gasteiger partial charge in [-0.25, -0.2) is 18.0 Å². The van der Waals surface area contributed by atoms with Crippen LogP contribution in [0, 0.1) is 11.8 Å². The number of nitrogens with one attached hydrogen (secondary N) is 3. The van der Waals surface area contributed by atoms with E-state index in [9.17, 15) is 32.4 Å². The highest BCUT2D eigenvalue weighted by Crippen LogP contribution is 2.45. The first-order valence-electron chi connectivity index (χ1n) is 18.3. The number of ether oxygens (including phenoxy) is 1. The average Bonchev–Trinajstić information content (AvgIpc) is 3.88. The van der Waals surface area contributed by atoms with E-state index in [-0.39, 0.29) is 31.3 Å². The minimum atomic E-state index is -3.89. The third-order valence-corrected chi connectivity index (χ3v) is 13.5. The zero-order chi connectivity index (χ0) is 36.1. The van der Waals surface area contributed by atoms with Crippen LogP contribution in [0.4, 0.5) is 9.59 Å². The molecule has 276 valence electrons. The molecule has 1 aromatic carbocycles. The van der Waals surface area contributed by atoms with Gasteiger partial charge in [0.25, 0.3) is 5.91 Å². The maximum absolute atomic E-state index is 14.6. The van der Waals surface area contributed by atoms with Gasteiger partial charge in [-0.15, -0.1) is 6.58 Å². The number of sulfonamides is 1. The molecule has 15 heteroatoms. The van der Waals surface area contributed by atoms with E-state index in [1.165, 1.54) is 11.0 Å². The number of aryl methyl sites for hydroxylation is 1. The lowest BCUT2D eigenvalue weighted by Crippen LogP contribution is -2.59. The second kappa shape index (κ2) is 13.8. The van der Waals surface area contributed by atoms with E-state index in [0.717, 1.165) is 61.6 Å². The molecule has 6 amide bonds. The highest BCUT2D eigenvalue weighted by molar-refractivity contribution is 7.91. The molecule has 3 saturated carbocycles. The van der Waals surface area contributed by atoms with Crippen molar-refractivity contribution >= 4 is 39.9 Å². The van der Waals surface area contributed by atoms with Crippen molar-refractivity contribution in [2.45, 2.75) is 113 Å². The Morgan fingerprint density at radius 3 is 2.49 bits per heavy atom. The van der Waals surface area contributed by atoms with Crippen LogP contribution in [0.15, 0.2) is 30.9 Å². The van der Waals surface area contributed by atoms with Crippen molar-refractivity contribution in [3.63, 3.8) is 0 Å². The number of urea groups is 1. The first-order chi connectivity index (χ1) is 24.4. The summed E-state index contributed by atoms with van der Waals surface area (Å²) in [6, 6.07) is 3.64. The predicted octanol–water partition coefficient (Wildman–Crippen LogP) is 2.31. The van der Waals surface area contributed by atoms with Crippen LogP contribution in [0.5, 0.6) is 0 Å². The Labute approximate surface area is 298 Å². The van der Waals surface area contributed by atoms with E-state index in [0.29, 0.717) is 32.5 Å². The molecule has 4 fully saturated rings. The molecule has 4 bridgehead atoms. The fourth-order valence-corrected chi connectivity index (χ4v) is 9.69. The number of hydrogen-bond acceptors (Lipinski definition) is 8. The lowest BCUT2D eigenvalue weighted by atomic mass is 9.96. The minimum Gasteiger partial charge on any atom is -0.444 e. The fraction of sp³-hybridized carbons (Fsp3) is 0.639. The molecule has 0 unspecified atom stereocenters. The molecule has 6 aliphatic rings. The van der Waals surface area contributed by atoms with Crippen LogP contribution in [0.2, 0.25) is 0 Å². The Bertz CT molecular complexity index is 1730. The lowest BCUT2D eigenvalue weighted by molar-refractivity contribution is -0.142. The van der Waals surface area contributed by atoms with Gasteiger partial charge in [0.1, 0.15) is 23.7 Å². The van der Waals surface area contributed by atoms with Gasteiger partial charge in [-0.05, 0) is 74.0 Å². The van der Waals surface area contributed by atoms with E-state index in [2.05, 4.69) is 28.0 Å². The monoisotopic (exact) mass is 724 g/mol. The molecule has 1 saturated heterocycles. The van der Waals surface area contributed by atoms with E-state index < -0.39 is 68.7 Å². The number of benzene rings is 1. The molecular formula is C36H48N6O8S. The average molecular weight is 725 g/mol. The van der Waals surface area contributed by atoms with Crippen LogP contribution in [-0.2, 0) is 48.7 Å². The molecule has 3 aliphatic carbocycles. The van der Waals surface area contributed by atoms with Gasteiger partial charge in [0.05, 0.1) is 11.8 Å². The Kier molecular flexibility index (Phi) is 9.52. The topological polar surface area (TPSA) is 175 Å². The van der Waals surface area contributed by atoms with Crippen molar-refractivity contribution in [3.8, 4) is 0 Å². The summed E-state index contributed by atoms with van der Waals surface area (Å²) in [5, 5.41) is 5.14. The van der Waals surface area contributed by atoms with Crippen molar-refractivity contribution in [1.82, 2.24) is 30.1 Å². The van der Waals surface area contributed by atoms with Crippen molar-refractivity contribution in [2.75, 3.05) is 20.1 Å². The summed E-state index contributed by atoms with van der Waals surface area (Å²) in [5.74, 6) is -2.61. The summed E-state index contributed by atoms with van der Waals surface area (Å²) in [7, 11) is -2.18. The minimum absolute atomic E-state index is 0.0303. The number of carbonyl (C=O) groups is 5. The molecule has 51 heavy (non-hydrogen) atoms. The molecular weight excluding hydrogens is 676 g/mol. The molecule has 1 aromatic rings. The second-order valence-corrected chi connectivity index (χ2v) is 17.2. The van der Waals surface area contributed by atoms with E-state index >= 15 is 0 Å². The quantitative estimate of drug-likeness (QED) is 0.360. The zero-order valence-corrected chi connectivity index (χ0v) is 29.9. The molecule has 0 radical (unpaired) electrons. The van der Waals surface area contributed by atoms with Gasteiger partial charge in [-0.2, -0.15) is 0 Å². The molecule has 0 aromatic heterocycles. The highest BCUT2D eigenvalue weighted by Gasteiger charge is 2.62. The largest absolute Gasteiger partial charge is 0.444 e. The number of carbonyl (C=O) groups excluding carboxylic acids is 5. The molecule has 3 aliphatic heterocycles. The Morgan fingerprint density at radius 2 is 1.78 bits per heavy atom. The predicted molar refractivity (Wildman–Crippen MR) is 185 cm³/mol. The molecule has 3 heterocycles. The van der Waals surface area contributed by atoms with Gasteiger partial charge in [0.15, 0.2) is 0 Å². The number of rotatable bonds is 7.